The number of carbonyl (C=O) groups excluding carboxylic acids is 1. The van der Waals surface area contributed by atoms with Gasteiger partial charge in [-0.15, -0.1) is 0 Å². The number of ether oxygens (including phenoxy) is 7. The zero-order valence-electron chi connectivity index (χ0n) is 43.4. The number of hydrogen-bond acceptors (Lipinski definition) is 16. The van der Waals surface area contributed by atoms with Crippen LogP contribution in [0.25, 0.3) is 0 Å². The van der Waals surface area contributed by atoms with Gasteiger partial charge in [0.15, 0.2) is 29.2 Å². The first-order chi connectivity index (χ1) is 36.4. The van der Waals surface area contributed by atoms with Gasteiger partial charge in [0.1, 0.15) is 13.2 Å². The van der Waals surface area contributed by atoms with Gasteiger partial charge in [-0.2, -0.15) is 0 Å². The lowest BCUT2D eigenvalue weighted by atomic mass is 10.1. The lowest BCUT2D eigenvalue weighted by Crippen LogP contribution is -2.38. The molecule has 0 saturated carbocycles. The lowest BCUT2D eigenvalue weighted by molar-refractivity contribution is -0.0451. The predicted octanol–water partition coefficient (Wildman–Crippen LogP) is 8.47. The Balaban J connectivity index is 1.00. The molecule has 0 spiro atoms. The third-order valence-electron chi connectivity index (χ3n) is 13.7. The summed E-state index contributed by atoms with van der Waals surface area (Å²) in [5, 5.41) is 32.6. The average Bonchev–Trinajstić information content (AvgIpc) is 3.91. The van der Waals surface area contributed by atoms with Crippen LogP contribution >= 0.6 is 21.6 Å². The van der Waals surface area contributed by atoms with Gasteiger partial charge in [-0.05, 0) is 91.4 Å². The van der Waals surface area contributed by atoms with Crippen molar-refractivity contribution in [3.05, 3.63) is 124 Å². The highest BCUT2D eigenvalue weighted by Crippen LogP contribution is 2.46. The monoisotopic (exact) mass is 1060 g/mol. The molecule has 4 unspecified atom stereocenters. The molecule has 0 radical (unpaired) electrons. The lowest BCUT2D eigenvalue weighted by Gasteiger charge is -2.34. The summed E-state index contributed by atoms with van der Waals surface area (Å²) in [5.41, 5.74) is 9.38. The number of carbonyl (C=O) groups is 1. The number of amides is 1. The van der Waals surface area contributed by atoms with Crippen molar-refractivity contribution in [1.82, 2.24) is 0 Å². The number of aliphatic hydroxyl groups is 2. The van der Waals surface area contributed by atoms with Crippen LogP contribution in [0, 0.1) is 0 Å². The van der Waals surface area contributed by atoms with Crippen LogP contribution in [0.5, 0.6) is 23.0 Å². The maximum Gasteiger partial charge on any atom is 0.261 e. The standard InChI is InChI=1S/C57H69N5O11S2/c1-57(2,75-74-22-10-15-54(63)64)36-60(16-17-70-20-21-71-19-18-67-3)41-24-37(34-72-52-30-46-44(28-50(52)68-4)55(65)61-42(32-58-46)26-39-11-6-8-13-48(39)61)23-38(25-41)35-73-53-31-47-45(29-51(53)69-5)56(66)62-43(33-59-47)27-40-12-7-9-14-49(40)62/h6-9,11-14,23-25,28-32,42-43,54,56,59,63-64,66H,10,15-22,26-27,33-36H2,1-5H3/p+1. The van der Waals surface area contributed by atoms with E-state index in [4.69, 9.17) is 43.3 Å². The van der Waals surface area contributed by atoms with Gasteiger partial charge in [-0.25, -0.2) is 0 Å². The third-order valence-corrected chi connectivity index (χ3v) is 17.1. The smallest absolute Gasteiger partial charge is 0.261 e. The highest BCUT2D eigenvalue weighted by Gasteiger charge is 2.39. The number of aliphatic imine (C=N–C) groups is 1. The fourth-order valence-corrected chi connectivity index (χ4v) is 12.8. The van der Waals surface area contributed by atoms with Crippen LogP contribution in [0.3, 0.4) is 0 Å². The Hall–Kier alpha value is -5.70. The van der Waals surface area contributed by atoms with Gasteiger partial charge in [0, 0.05) is 96.7 Å². The summed E-state index contributed by atoms with van der Waals surface area (Å²) in [6.45, 7) is 8.99. The highest BCUT2D eigenvalue weighted by molar-refractivity contribution is 8.77. The molecule has 75 heavy (non-hydrogen) atoms. The van der Waals surface area contributed by atoms with Gasteiger partial charge >= 0.3 is 0 Å². The van der Waals surface area contributed by atoms with Crippen molar-refractivity contribution in [3.8, 4) is 23.0 Å². The first-order valence-corrected chi connectivity index (χ1v) is 27.9. The molecule has 4 aliphatic rings. The van der Waals surface area contributed by atoms with Crippen LogP contribution in [0.15, 0.2) is 96.0 Å². The van der Waals surface area contributed by atoms with Crippen LogP contribution in [0.2, 0.25) is 0 Å². The van der Waals surface area contributed by atoms with Gasteiger partial charge in [0.25, 0.3) is 12.2 Å². The minimum atomic E-state index is -1.06. The van der Waals surface area contributed by atoms with Crippen LogP contribution in [0.4, 0.5) is 28.4 Å². The average molecular weight is 1070 g/mol. The molecule has 0 bridgehead atoms. The number of fused-ring (bicyclic) bond motifs is 8. The Morgan fingerprint density at radius 3 is 2.21 bits per heavy atom. The van der Waals surface area contributed by atoms with Crippen LogP contribution in [0.1, 0.15) is 71.1 Å². The normalized spacial score (nSPS) is 17.7. The van der Waals surface area contributed by atoms with Crippen LogP contribution in [-0.4, -0.2) is 130 Å². The van der Waals surface area contributed by atoms with E-state index in [1.165, 1.54) is 5.56 Å². The maximum absolute atomic E-state index is 14.2. The molecule has 0 saturated heterocycles. The molecule has 400 valence electrons. The second kappa shape index (κ2) is 25.0. The van der Waals surface area contributed by atoms with Crippen molar-refractivity contribution >= 4 is 62.1 Å². The second-order valence-electron chi connectivity index (χ2n) is 19.7. The van der Waals surface area contributed by atoms with Gasteiger partial charge < -0.3 is 63.6 Å². The number of anilines is 4. The van der Waals surface area contributed by atoms with E-state index in [1.54, 1.807) is 55.0 Å². The number of para-hydroxylation sites is 2. The van der Waals surface area contributed by atoms with Crippen molar-refractivity contribution in [1.29, 1.82) is 0 Å². The summed E-state index contributed by atoms with van der Waals surface area (Å²) < 4.78 is 41.9. The number of nitrogens with zero attached hydrogens (tertiary/aromatic N) is 4. The Morgan fingerprint density at radius 1 is 0.827 bits per heavy atom. The van der Waals surface area contributed by atoms with E-state index < -0.39 is 12.5 Å². The third kappa shape index (κ3) is 12.9. The van der Waals surface area contributed by atoms with Gasteiger partial charge in [0.05, 0.1) is 70.6 Å². The van der Waals surface area contributed by atoms with E-state index in [0.717, 1.165) is 58.0 Å². The van der Waals surface area contributed by atoms with E-state index in [2.05, 4.69) is 65.4 Å². The molecule has 5 aromatic rings. The Kier molecular flexibility index (Phi) is 18.0. The van der Waals surface area contributed by atoms with Crippen LogP contribution < -0.4 is 39.0 Å². The molecule has 4 aliphatic heterocycles. The van der Waals surface area contributed by atoms with Crippen LogP contribution in [-0.2, 0) is 40.3 Å². The van der Waals surface area contributed by atoms with Crippen molar-refractivity contribution < 1.29 is 53.3 Å². The van der Waals surface area contributed by atoms with Gasteiger partial charge in [-0.3, -0.25) is 14.7 Å². The zero-order chi connectivity index (χ0) is 52.5. The molecule has 5 aromatic carbocycles. The molecular weight excluding hydrogens is 995 g/mol. The fourth-order valence-electron chi connectivity index (χ4n) is 10.1. The summed E-state index contributed by atoms with van der Waals surface area (Å²) in [4.78, 5) is 25.3. The number of nitrogens with one attached hydrogen (secondary N) is 1. The number of aliphatic hydroxyl groups excluding tert-OH is 2. The number of rotatable bonds is 26. The topological polar surface area (TPSA) is 179 Å². The van der Waals surface area contributed by atoms with E-state index in [0.29, 0.717) is 105 Å². The van der Waals surface area contributed by atoms with Crippen molar-refractivity contribution in [2.75, 3.05) is 99.8 Å². The Bertz CT molecular complexity index is 2800. The fraction of sp³-hybridized carbons (Fsp3) is 0.439. The SMILES string of the molecule is COCCOCCOCCN(CC(C)(C)SSCCCC(O)[OH2+])c1cc(COc2cc3c(cc2OC)C(=O)N2c4ccccc4CC2C=N3)cc(COc2cc3c(cc2OC)C(O)N2c4ccccc4CC2CN3)c1. The number of methoxy groups -OCH3 is 3. The molecule has 16 nitrogen and oxygen atoms in total. The molecule has 0 aromatic heterocycles. The van der Waals surface area contributed by atoms with Gasteiger partial charge in [0.2, 0.25) is 0 Å². The second-order valence-corrected chi connectivity index (χ2v) is 22.8. The largest absolute Gasteiger partial charge is 0.493 e. The molecule has 4 atom stereocenters. The van der Waals surface area contributed by atoms with Crippen molar-refractivity contribution in [2.24, 2.45) is 4.99 Å². The minimum absolute atomic E-state index is 0.0766. The Labute approximate surface area is 447 Å². The highest BCUT2D eigenvalue weighted by atomic mass is 33.1. The molecule has 0 aliphatic carbocycles. The molecule has 9 rings (SSSR count). The predicted molar refractivity (Wildman–Crippen MR) is 299 cm³/mol. The molecule has 5 N–H and O–H groups in total. The Morgan fingerprint density at radius 2 is 1.49 bits per heavy atom. The summed E-state index contributed by atoms with van der Waals surface area (Å²) in [5.74, 6) is 2.57. The van der Waals surface area contributed by atoms with E-state index in [1.807, 2.05) is 53.6 Å². The molecule has 4 heterocycles. The summed E-state index contributed by atoms with van der Waals surface area (Å²) in [7, 11) is 8.36. The minimum Gasteiger partial charge on any atom is -0.493 e. The first kappa shape index (κ1) is 54.1. The van der Waals surface area contributed by atoms with Gasteiger partial charge in [-0.1, -0.05) is 58.0 Å². The van der Waals surface area contributed by atoms with E-state index in [9.17, 15) is 15.0 Å². The van der Waals surface area contributed by atoms with Crippen molar-refractivity contribution in [2.45, 2.75) is 82.1 Å². The first-order valence-electron chi connectivity index (χ1n) is 25.6. The maximum atomic E-state index is 14.2. The molecule has 0 fully saturated rings. The zero-order valence-corrected chi connectivity index (χ0v) is 45.1. The summed E-state index contributed by atoms with van der Waals surface area (Å²) >= 11 is 0. The quantitative estimate of drug-likeness (QED) is 0.0208. The number of benzene rings is 5. The van der Waals surface area contributed by atoms with E-state index in [-0.39, 0.29) is 36.0 Å². The molecule has 1 amide bonds. The van der Waals surface area contributed by atoms with E-state index >= 15 is 0 Å². The number of hydrogen-bond donors (Lipinski definition) is 3. The molecular formula is C57H70N5O11S2+. The van der Waals surface area contributed by atoms with Crippen molar-refractivity contribution in [3.63, 3.8) is 0 Å². The summed E-state index contributed by atoms with van der Waals surface area (Å²) in [6.07, 6.45) is 2.60. The molecule has 18 heteroatoms. The summed E-state index contributed by atoms with van der Waals surface area (Å²) in [6, 6.07) is 29.7.